The lowest BCUT2D eigenvalue weighted by Gasteiger charge is -2.47. The highest BCUT2D eigenvalue weighted by Crippen LogP contribution is 2.66. The van der Waals surface area contributed by atoms with Crippen molar-refractivity contribution < 1.29 is 9.47 Å². The largest absolute Gasteiger partial charge is 0.448 e. The number of ether oxygens (including phenoxy) is 2. The molecule has 0 spiro atoms. The van der Waals surface area contributed by atoms with E-state index in [9.17, 15) is 15.8 Å². The van der Waals surface area contributed by atoms with Crippen LogP contribution in [0.4, 0.5) is 0 Å². The van der Waals surface area contributed by atoms with Crippen molar-refractivity contribution in [1.29, 1.82) is 21.2 Å². The average Bonchev–Trinajstić information content (AvgIpc) is 2.71. The van der Waals surface area contributed by atoms with Gasteiger partial charge in [0.05, 0.1) is 24.1 Å². The van der Waals surface area contributed by atoms with E-state index in [1.54, 1.807) is 38.1 Å². The van der Waals surface area contributed by atoms with Gasteiger partial charge < -0.3 is 9.47 Å². The van der Waals surface area contributed by atoms with Gasteiger partial charge in [-0.3, -0.25) is 5.41 Å². The Labute approximate surface area is 147 Å². The van der Waals surface area contributed by atoms with E-state index in [-0.39, 0.29) is 5.90 Å². The molecule has 2 aliphatic rings. The summed E-state index contributed by atoms with van der Waals surface area (Å²) < 4.78 is 12.4. The van der Waals surface area contributed by atoms with Gasteiger partial charge in [-0.1, -0.05) is 35.0 Å². The van der Waals surface area contributed by atoms with Crippen LogP contribution in [-0.4, -0.2) is 11.7 Å². The molecule has 0 aromatic heterocycles. The van der Waals surface area contributed by atoms with Crippen molar-refractivity contribution >= 4 is 21.8 Å². The minimum absolute atomic E-state index is 0.386. The number of rotatable bonds is 1. The van der Waals surface area contributed by atoms with E-state index in [1.807, 2.05) is 12.1 Å². The Morgan fingerprint density at radius 3 is 2.21 bits per heavy atom. The van der Waals surface area contributed by atoms with Crippen molar-refractivity contribution in [1.82, 2.24) is 0 Å². The number of halogens is 1. The minimum Gasteiger partial charge on any atom is -0.448 e. The van der Waals surface area contributed by atoms with Crippen molar-refractivity contribution in [2.24, 2.45) is 16.7 Å². The van der Waals surface area contributed by atoms with Crippen LogP contribution < -0.4 is 0 Å². The molecule has 0 aliphatic carbocycles. The summed E-state index contributed by atoms with van der Waals surface area (Å²) >= 11 is 3.34. The Morgan fingerprint density at radius 2 is 1.71 bits per heavy atom. The van der Waals surface area contributed by atoms with Crippen LogP contribution in [0.5, 0.6) is 0 Å². The summed E-state index contributed by atoms with van der Waals surface area (Å²) in [4.78, 5) is 0. The van der Waals surface area contributed by atoms with E-state index < -0.39 is 28.6 Å². The van der Waals surface area contributed by atoms with E-state index in [0.717, 1.165) is 4.47 Å². The molecule has 1 aromatic rings. The molecule has 120 valence electrons. The van der Waals surface area contributed by atoms with Gasteiger partial charge in [-0.05, 0) is 17.7 Å². The number of benzene rings is 1. The summed E-state index contributed by atoms with van der Waals surface area (Å²) in [5.41, 5.74) is -3.00. The number of hydrogen-bond acceptors (Lipinski definition) is 6. The summed E-state index contributed by atoms with van der Waals surface area (Å²) in [5.74, 6) is -2.28. The average molecular weight is 385 g/mol. The molecule has 4 atom stereocenters. The lowest BCUT2D eigenvalue weighted by Crippen LogP contribution is -2.57. The molecule has 1 N–H and O–H groups in total. The Balaban J connectivity index is 2.31. The van der Waals surface area contributed by atoms with Gasteiger partial charge in [0, 0.05) is 11.4 Å². The highest BCUT2D eigenvalue weighted by molar-refractivity contribution is 9.10. The molecule has 0 amide bonds. The van der Waals surface area contributed by atoms with Gasteiger partial charge in [0.1, 0.15) is 6.10 Å². The maximum Gasteiger partial charge on any atom is 0.214 e. The third kappa shape index (κ3) is 1.68. The van der Waals surface area contributed by atoms with Crippen LogP contribution in [0.25, 0.3) is 0 Å². The van der Waals surface area contributed by atoms with Crippen LogP contribution in [0.2, 0.25) is 0 Å². The molecule has 3 rings (SSSR count). The Bertz CT molecular complexity index is 833. The summed E-state index contributed by atoms with van der Waals surface area (Å²) in [6.07, 6.45) is -1.01. The van der Waals surface area contributed by atoms with Crippen molar-refractivity contribution in [3.05, 3.63) is 34.3 Å². The normalized spacial score (nSPS) is 36.1. The molecular formula is C17H13BrN4O2. The topological polar surface area (TPSA) is 114 Å². The molecule has 4 unspecified atom stereocenters. The number of nitrogens with zero attached hydrogens (tertiary/aromatic N) is 3. The second kappa shape index (κ2) is 5.05. The smallest absolute Gasteiger partial charge is 0.214 e. The standard InChI is InChI=1S/C17H13BrN4O2/c1-10-15(2)23-13(11-3-5-12(18)6-4-11)16(7-19,8-20)17(10,9-21)14(22)24-15/h3-6,10,13,22H,1-2H3. The van der Waals surface area contributed by atoms with Crippen LogP contribution in [0.15, 0.2) is 28.7 Å². The first-order valence-corrected chi connectivity index (χ1v) is 8.05. The van der Waals surface area contributed by atoms with Gasteiger partial charge in [0.25, 0.3) is 0 Å². The second-order valence-corrected chi connectivity index (χ2v) is 7.09. The van der Waals surface area contributed by atoms with Crippen molar-refractivity contribution in [2.75, 3.05) is 0 Å². The van der Waals surface area contributed by atoms with Crippen molar-refractivity contribution in [3.63, 3.8) is 0 Å². The van der Waals surface area contributed by atoms with Crippen LogP contribution in [0.3, 0.4) is 0 Å². The fourth-order valence-corrected chi connectivity index (χ4v) is 3.91. The quantitative estimate of drug-likeness (QED) is 0.796. The molecule has 2 heterocycles. The van der Waals surface area contributed by atoms with Gasteiger partial charge in [-0.25, -0.2) is 0 Å². The summed E-state index contributed by atoms with van der Waals surface area (Å²) in [6, 6.07) is 13.0. The lowest BCUT2D eigenvalue weighted by molar-refractivity contribution is -0.268. The van der Waals surface area contributed by atoms with Crippen molar-refractivity contribution in [2.45, 2.75) is 25.7 Å². The SMILES string of the molecule is CC1C2(C)OC(=N)C1(C#N)C(C#N)(C#N)C(c1ccc(Br)cc1)O2. The third-order valence-electron chi connectivity index (χ3n) is 5.17. The molecule has 24 heavy (non-hydrogen) atoms. The van der Waals surface area contributed by atoms with E-state index in [4.69, 9.17) is 14.9 Å². The summed E-state index contributed by atoms with van der Waals surface area (Å²) in [5, 5.41) is 37.9. The molecule has 2 saturated heterocycles. The summed E-state index contributed by atoms with van der Waals surface area (Å²) in [6.45, 7) is 3.31. The van der Waals surface area contributed by atoms with Crippen LogP contribution in [0.1, 0.15) is 25.5 Å². The molecule has 7 heteroatoms. The Kier molecular flexibility index (Phi) is 3.46. The molecule has 0 saturated carbocycles. The zero-order valence-electron chi connectivity index (χ0n) is 13.0. The number of nitrogens with one attached hydrogen (secondary N) is 1. The predicted octanol–water partition coefficient (Wildman–Crippen LogP) is 3.42. The molecular weight excluding hydrogens is 372 g/mol. The fourth-order valence-electron chi connectivity index (χ4n) is 3.65. The van der Waals surface area contributed by atoms with E-state index >= 15 is 0 Å². The number of hydrogen-bond donors (Lipinski definition) is 1. The summed E-state index contributed by atoms with van der Waals surface area (Å²) in [7, 11) is 0. The van der Waals surface area contributed by atoms with Crippen LogP contribution >= 0.6 is 15.9 Å². The van der Waals surface area contributed by atoms with Gasteiger partial charge >= 0.3 is 0 Å². The van der Waals surface area contributed by atoms with Gasteiger partial charge in [0.2, 0.25) is 17.1 Å². The highest BCUT2D eigenvalue weighted by atomic mass is 79.9. The van der Waals surface area contributed by atoms with Gasteiger partial charge in [-0.2, -0.15) is 15.8 Å². The zero-order chi connectivity index (χ0) is 17.8. The number of nitriles is 3. The van der Waals surface area contributed by atoms with E-state index in [2.05, 4.69) is 22.0 Å². The molecule has 6 nitrogen and oxygen atoms in total. The van der Waals surface area contributed by atoms with Crippen LogP contribution in [-0.2, 0) is 9.47 Å². The van der Waals surface area contributed by atoms with Crippen molar-refractivity contribution in [3.8, 4) is 18.2 Å². The van der Waals surface area contributed by atoms with Gasteiger partial charge in [0.15, 0.2) is 5.41 Å². The monoisotopic (exact) mass is 384 g/mol. The first-order chi connectivity index (χ1) is 11.3. The lowest BCUT2D eigenvalue weighted by atomic mass is 9.54. The minimum atomic E-state index is -1.89. The molecule has 0 radical (unpaired) electrons. The van der Waals surface area contributed by atoms with E-state index in [0.29, 0.717) is 5.56 Å². The molecule has 2 bridgehead atoms. The first kappa shape index (κ1) is 16.5. The van der Waals surface area contributed by atoms with E-state index in [1.165, 1.54) is 0 Å². The first-order valence-electron chi connectivity index (χ1n) is 7.26. The van der Waals surface area contributed by atoms with Gasteiger partial charge in [-0.15, -0.1) is 0 Å². The molecule has 2 aliphatic heterocycles. The Morgan fingerprint density at radius 1 is 1.12 bits per heavy atom. The maximum atomic E-state index is 9.90. The predicted molar refractivity (Wildman–Crippen MR) is 86.1 cm³/mol. The highest BCUT2D eigenvalue weighted by Gasteiger charge is 2.78. The fraction of sp³-hybridized carbons (Fsp3) is 0.412. The zero-order valence-corrected chi connectivity index (χ0v) is 14.6. The third-order valence-corrected chi connectivity index (χ3v) is 5.70. The second-order valence-electron chi connectivity index (χ2n) is 6.17. The molecule has 2 fully saturated rings. The Hall–Kier alpha value is -2.40. The molecule has 1 aromatic carbocycles. The van der Waals surface area contributed by atoms with Crippen LogP contribution in [0, 0.1) is 56.2 Å². The maximum absolute atomic E-state index is 9.90. The number of fused-ring (bicyclic) bond motifs is 2.